The summed E-state index contributed by atoms with van der Waals surface area (Å²) in [6.45, 7) is 3.89. The van der Waals surface area contributed by atoms with Crippen molar-refractivity contribution in [2.45, 2.75) is 32.1 Å². The summed E-state index contributed by atoms with van der Waals surface area (Å²) >= 11 is 0. The van der Waals surface area contributed by atoms with Gasteiger partial charge in [-0.2, -0.15) is 0 Å². The molecule has 156 valence electrons. The zero-order valence-electron chi connectivity index (χ0n) is 18.1. The average Bonchev–Trinajstić information content (AvgIpc) is 2.81. The van der Waals surface area contributed by atoms with E-state index < -0.39 is 0 Å². The monoisotopic (exact) mass is 408 g/mol. The van der Waals surface area contributed by atoms with Crippen molar-refractivity contribution in [3.05, 3.63) is 113 Å². The first kappa shape index (κ1) is 21.0. The molecular formula is C29H28O2. The topological polar surface area (TPSA) is 34.1 Å². The molecule has 1 aliphatic rings. The van der Waals surface area contributed by atoms with E-state index in [2.05, 4.69) is 12.1 Å². The van der Waals surface area contributed by atoms with Gasteiger partial charge in [0.1, 0.15) is 5.78 Å². The van der Waals surface area contributed by atoms with E-state index in [9.17, 15) is 9.59 Å². The summed E-state index contributed by atoms with van der Waals surface area (Å²) in [4.78, 5) is 27.0. The van der Waals surface area contributed by atoms with Gasteiger partial charge < -0.3 is 0 Å². The van der Waals surface area contributed by atoms with Crippen molar-refractivity contribution >= 4 is 17.6 Å². The molecule has 0 radical (unpaired) electrons. The van der Waals surface area contributed by atoms with E-state index in [1.807, 2.05) is 98.8 Å². The van der Waals surface area contributed by atoms with E-state index >= 15 is 0 Å². The number of benzene rings is 3. The number of hydrogen-bond acceptors (Lipinski definition) is 2. The molecule has 0 saturated heterocycles. The number of rotatable bonds is 5. The number of carbonyl (C=O) groups excluding carboxylic acids is 2. The number of hydrogen-bond donors (Lipinski definition) is 0. The van der Waals surface area contributed by atoms with E-state index in [0.717, 1.165) is 22.3 Å². The Morgan fingerprint density at radius 3 is 1.90 bits per heavy atom. The Hall–Kier alpha value is -3.26. The van der Waals surface area contributed by atoms with Crippen LogP contribution in [0, 0.1) is 11.8 Å². The summed E-state index contributed by atoms with van der Waals surface area (Å²) in [5, 5.41) is 0. The predicted molar refractivity (Wildman–Crippen MR) is 126 cm³/mol. The first-order chi connectivity index (χ1) is 15.1. The highest BCUT2D eigenvalue weighted by atomic mass is 16.1. The summed E-state index contributed by atoms with van der Waals surface area (Å²) in [5.41, 5.74) is 3.88. The van der Waals surface area contributed by atoms with Gasteiger partial charge in [0.05, 0.1) is 0 Å². The Balaban J connectivity index is 1.81. The van der Waals surface area contributed by atoms with Crippen molar-refractivity contribution in [3.8, 4) is 0 Å². The van der Waals surface area contributed by atoms with Crippen molar-refractivity contribution in [3.63, 3.8) is 0 Å². The molecule has 0 aromatic heterocycles. The maximum atomic E-state index is 13.9. The quantitative estimate of drug-likeness (QED) is 0.455. The van der Waals surface area contributed by atoms with Gasteiger partial charge in [-0.1, -0.05) is 97.9 Å². The van der Waals surface area contributed by atoms with Gasteiger partial charge in [0, 0.05) is 30.1 Å². The Bertz CT molecular complexity index is 1070. The molecule has 0 aliphatic heterocycles. The van der Waals surface area contributed by atoms with Crippen LogP contribution in [0.15, 0.2) is 96.6 Å². The van der Waals surface area contributed by atoms with Gasteiger partial charge >= 0.3 is 0 Å². The Labute approximate surface area is 184 Å². The molecule has 3 aromatic carbocycles. The van der Waals surface area contributed by atoms with Gasteiger partial charge in [0.25, 0.3) is 0 Å². The van der Waals surface area contributed by atoms with Crippen molar-refractivity contribution in [1.82, 2.24) is 0 Å². The van der Waals surface area contributed by atoms with Crippen molar-refractivity contribution in [1.29, 1.82) is 0 Å². The van der Waals surface area contributed by atoms with Crippen LogP contribution in [-0.4, -0.2) is 11.6 Å². The van der Waals surface area contributed by atoms with Crippen molar-refractivity contribution in [2.75, 3.05) is 0 Å². The second-order valence-corrected chi connectivity index (χ2v) is 8.54. The van der Waals surface area contributed by atoms with Gasteiger partial charge in [-0.05, 0) is 35.3 Å². The van der Waals surface area contributed by atoms with E-state index in [1.54, 1.807) is 0 Å². The molecule has 4 rings (SSSR count). The minimum absolute atomic E-state index is 0.123. The molecule has 31 heavy (non-hydrogen) atoms. The molecule has 4 atom stereocenters. The van der Waals surface area contributed by atoms with Crippen LogP contribution < -0.4 is 0 Å². The summed E-state index contributed by atoms with van der Waals surface area (Å²) in [6.07, 6.45) is 2.37. The fraction of sp³-hybridized carbons (Fsp3) is 0.241. The van der Waals surface area contributed by atoms with Gasteiger partial charge in [0.15, 0.2) is 5.78 Å². The third kappa shape index (κ3) is 4.44. The molecule has 0 amide bonds. The lowest BCUT2D eigenvalue weighted by atomic mass is 9.60. The van der Waals surface area contributed by atoms with Crippen molar-refractivity contribution in [2.24, 2.45) is 11.8 Å². The van der Waals surface area contributed by atoms with E-state index in [-0.39, 0.29) is 35.2 Å². The fourth-order valence-corrected chi connectivity index (χ4v) is 4.97. The third-order valence-electron chi connectivity index (χ3n) is 6.57. The highest BCUT2D eigenvalue weighted by molar-refractivity contribution is 6.03. The summed E-state index contributed by atoms with van der Waals surface area (Å²) < 4.78 is 0. The lowest BCUT2D eigenvalue weighted by molar-refractivity contribution is -0.130. The lowest BCUT2D eigenvalue weighted by Gasteiger charge is -2.41. The van der Waals surface area contributed by atoms with Crippen LogP contribution in [0.5, 0.6) is 0 Å². The molecule has 1 aliphatic carbocycles. The number of ketones is 2. The first-order valence-corrected chi connectivity index (χ1v) is 11.0. The Morgan fingerprint density at radius 2 is 1.32 bits per heavy atom. The number of allylic oxidation sites excluding steroid dienone is 1. The van der Waals surface area contributed by atoms with Crippen LogP contribution in [0.2, 0.25) is 0 Å². The lowest BCUT2D eigenvalue weighted by Crippen LogP contribution is -2.41. The number of Topliss-reactive ketones (excluding diaryl/α,β-unsaturated/α-hetero) is 2. The van der Waals surface area contributed by atoms with Crippen LogP contribution in [-0.2, 0) is 9.59 Å². The minimum Gasteiger partial charge on any atom is -0.299 e. The Kier molecular flexibility index (Phi) is 6.27. The molecule has 2 heteroatoms. The molecule has 2 nitrogen and oxygen atoms in total. The zero-order chi connectivity index (χ0) is 21.8. The first-order valence-electron chi connectivity index (χ1n) is 11.0. The van der Waals surface area contributed by atoms with Crippen LogP contribution in [0.1, 0.15) is 48.8 Å². The second-order valence-electron chi connectivity index (χ2n) is 8.54. The molecule has 3 aromatic rings. The predicted octanol–water partition coefficient (Wildman–Crippen LogP) is 6.45. The molecule has 1 saturated carbocycles. The zero-order valence-corrected chi connectivity index (χ0v) is 18.1. The Morgan fingerprint density at radius 1 is 0.806 bits per heavy atom. The molecule has 0 N–H and O–H groups in total. The van der Waals surface area contributed by atoms with Crippen LogP contribution in [0.3, 0.4) is 0 Å². The summed E-state index contributed by atoms with van der Waals surface area (Å²) in [5.74, 6) is -0.373. The van der Waals surface area contributed by atoms with E-state index in [4.69, 9.17) is 0 Å². The normalized spacial score (nSPS) is 24.1. The highest BCUT2D eigenvalue weighted by Crippen LogP contribution is 2.48. The van der Waals surface area contributed by atoms with Crippen LogP contribution in [0.25, 0.3) is 6.08 Å². The minimum atomic E-state index is -0.280. The molecule has 0 heterocycles. The van der Waals surface area contributed by atoms with Crippen LogP contribution in [0.4, 0.5) is 0 Å². The standard InChI is InChI=1S/C29H28O2/c1-20(18-22-12-6-3-7-13-22)29(31)28-25(23-14-8-4-9-15-23)19-26(30)21(2)27(28)24-16-10-5-11-17-24/h3-18,21,25,27-28H,19H2,1-2H3. The largest absolute Gasteiger partial charge is 0.299 e. The third-order valence-corrected chi connectivity index (χ3v) is 6.57. The summed E-state index contributed by atoms with van der Waals surface area (Å²) in [6, 6.07) is 30.1. The van der Waals surface area contributed by atoms with Crippen LogP contribution >= 0.6 is 0 Å². The molecule has 4 unspecified atom stereocenters. The van der Waals surface area contributed by atoms with E-state index in [1.165, 1.54) is 0 Å². The van der Waals surface area contributed by atoms with Gasteiger partial charge in [-0.25, -0.2) is 0 Å². The van der Waals surface area contributed by atoms with Gasteiger partial charge in [0.2, 0.25) is 0 Å². The van der Waals surface area contributed by atoms with Gasteiger partial charge in [-0.15, -0.1) is 0 Å². The smallest absolute Gasteiger partial charge is 0.162 e. The van der Waals surface area contributed by atoms with Crippen molar-refractivity contribution < 1.29 is 9.59 Å². The second kappa shape index (κ2) is 9.26. The van der Waals surface area contributed by atoms with Gasteiger partial charge in [-0.3, -0.25) is 9.59 Å². The average molecular weight is 409 g/mol. The summed E-state index contributed by atoms with van der Waals surface area (Å²) in [7, 11) is 0. The molecule has 1 fully saturated rings. The molecule has 0 spiro atoms. The van der Waals surface area contributed by atoms with E-state index in [0.29, 0.717) is 6.42 Å². The maximum Gasteiger partial charge on any atom is 0.162 e. The maximum absolute atomic E-state index is 13.9. The number of carbonyl (C=O) groups is 2. The highest BCUT2D eigenvalue weighted by Gasteiger charge is 2.46. The molecular weight excluding hydrogens is 380 g/mol. The SMILES string of the molecule is CC(=Cc1ccccc1)C(=O)C1C(c2ccccc2)CC(=O)C(C)C1c1ccccc1. The fourth-order valence-electron chi connectivity index (χ4n) is 4.97. The molecule has 0 bridgehead atoms.